The summed E-state index contributed by atoms with van der Waals surface area (Å²) in [5.74, 6) is -0.458. The van der Waals surface area contributed by atoms with Crippen molar-refractivity contribution in [2.75, 3.05) is 13.1 Å². The predicted molar refractivity (Wildman–Crippen MR) is 97.8 cm³/mol. The van der Waals surface area contributed by atoms with Crippen LogP contribution in [0.3, 0.4) is 0 Å². The normalized spacial score (nSPS) is 14.2. The molecule has 2 aromatic rings. The first-order valence-electron chi connectivity index (χ1n) is 9.06. The van der Waals surface area contributed by atoms with Crippen LogP contribution in [0.25, 0.3) is 0 Å². The van der Waals surface area contributed by atoms with E-state index >= 15 is 0 Å². The van der Waals surface area contributed by atoms with Crippen molar-refractivity contribution < 1.29 is 19.0 Å². The number of rotatable bonds is 6. The molecule has 1 aliphatic heterocycles. The zero-order valence-electron chi connectivity index (χ0n) is 15.1. The molecule has 0 bridgehead atoms. The van der Waals surface area contributed by atoms with Crippen LogP contribution in [0.2, 0.25) is 0 Å². The molecule has 6 nitrogen and oxygen atoms in total. The Morgan fingerprint density at radius 2 is 1.93 bits per heavy atom. The summed E-state index contributed by atoms with van der Waals surface area (Å²) in [5, 5.41) is 9.53. The first-order valence-corrected chi connectivity index (χ1v) is 9.06. The second kappa shape index (κ2) is 8.81. The average molecular weight is 374 g/mol. The van der Waals surface area contributed by atoms with E-state index in [1.54, 1.807) is 23.1 Å². The molecule has 0 unspecified atom stereocenters. The van der Waals surface area contributed by atoms with Crippen LogP contribution in [0, 0.1) is 5.82 Å². The maximum absolute atomic E-state index is 13.7. The number of hydrogen-bond donors (Lipinski definition) is 1. The molecule has 1 saturated heterocycles. The van der Waals surface area contributed by atoms with Crippen molar-refractivity contribution in [1.29, 1.82) is 0 Å². The summed E-state index contributed by atoms with van der Waals surface area (Å²) >= 11 is 0. The molecular formula is C20H23FN2O4. The fourth-order valence-electron chi connectivity index (χ4n) is 3.15. The number of nitrogens with zero attached hydrogens (tertiary/aromatic N) is 2. The highest BCUT2D eigenvalue weighted by Crippen LogP contribution is 2.14. The summed E-state index contributed by atoms with van der Waals surface area (Å²) in [7, 11) is 0. The molecule has 1 aromatic carbocycles. The quantitative estimate of drug-likeness (QED) is 0.840. The molecular weight excluding hydrogens is 351 g/mol. The van der Waals surface area contributed by atoms with Gasteiger partial charge in [0.1, 0.15) is 19.0 Å². The summed E-state index contributed by atoms with van der Waals surface area (Å²) in [6, 6.07) is 7.42. The number of halogens is 1. The van der Waals surface area contributed by atoms with Crippen molar-refractivity contribution in [3.8, 4) is 5.75 Å². The highest BCUT2D eigenvalue weighted by atomic mass is 19.1. The molecule has 1 amide bonds. The minimum atomic E-state index is -0.419. The van der Waals surface area contributed by atoms with E-state index < -0.39 is 11.2 Å². The van der Waals surface area contributed by atoms with E-state index in [0.717, 1.165) is 32.4 Å². The van der Waals surface area contributed by atoms with Gasteiger partial charge in [0, 0.05) is 30.4 Å². The van der Waals surface area contributed by atoms with E-state index in [9.17, 15) is 19.1 Å². The number of pyridine rings is 1. The lowest BCUT2D eigenvalue weighted by molar-refractivity contribution is -0.132. The molecule has 1 N–H and O–H groups in total. The van der Waals surface area contributed by atoms with Gasteiger partial charge in [0.2, 0.25) is 11.3 Å². The number of carbonyl (C=O) groups excluding carboxylic acids is 1. The van der Waals surface area contributed by atoms with Crippen LogP contribution >= 0.6 is 0 Å². The van der Waals surface area contributed by atoms with E-state index in [4.69, 9.17) is 4.74 Å². The van der Waals surface area contributed by atoms with Crippen LogP contribution in [-0.2, 0) is 24.6 Å². The third-order valence-electron chi connectivity index (χ3n) is 4.70. The largest absolute Gasteiger partial charge is 0.483 e. The number of amides is 1. The fourth-order valence-corrected chi connectivity index (χ4v) is 3.15. The highest BCUT2D eigenvalue weighted by molar-refractivity contribution is 5.76. The summed E-state index contributed by atoms with van der Waals surface area (Å²) in [4.78, 5) is 26.5. The number of ether oxygens (including phenoxy) is 1. The topological polar surface area (TPSA) is 71.8 Å². The fraction of sp³-hybridized carbons (Fsp3) is 0.400. The molecule has 0 saturated carbocycles. The Kier molecular flexibility index (Phi) is 6.24. The lowest BCUT2D eigenvalue weighted by Crippen LogP contribution is -2.38. The first-order chi connectivity index (χ1) is 13.1. The summed E-state index contributed by atoms with van der Waals surface area (Å²) in [5.41, 5.74) is 0.250. The molecule has 0 aliphatic carbocycles. The Hall–Kier alpha value is -2.67. The molecule has 144 valence electrons. The Morgan fingerprint density at radius 1 is 1.19 bits per heavy atom. The lowest BCUT2D eigenvalue weighted by atomic mass is 10.1. The van der Waals surface area contributed by atoms with Gasteiger partial charge in [-0.05, 0) is 25.3 Å². The van der Waals surface area contributed by atoms with Crippen LogP contribution in [0.5, 0.6) is 5.75 Å². The van der Waals surface area contributed by atoms with Gasteiger partial charge < -0.3 is 19.3 Å². The Bertz CT molecular complexity index is 859. The van der Waals surface area contributed by atoms with Gasteiger partial charge in [0.15, 0.2) is 5.75 Å². The molecule has 1 aliphatic rings. The zero-order valence-corrected chi connectivity index (χ0v) is 15.1. The SMILES string of the molecule is O=C(Cn1cc(OCc2ccccc2F)c(=O)cc1CO)N1CCCCC1. The number of hydrogen-bond acceptors (Lipinski definition) is 4. The van der Waals surface area contributed by atoms with Gasteiger partial charge in [-0.25, -0.2) is 4.39 Å². The van der Waals surface area contributed by atoms with E-state index in [2.05, 4.69) is 0 Å². The molecule has 1 aromatic heterocycles. The maximum Gasteiger partial charge on any atom is 0.242 e. The van der Waals surface area contributed by atoms with E-state index in [0.29, 0.717) is 11.3 Å². The third-order valence-corrected chi connectivity index (χ3v) is 4.70. The van der Waals surface area contributed by atoms with Gasteiger partial charge in [0.25, 0.3) is 0 Å². The second-order valence-electron chi connectivity index (χ2n) is 6.60. The van der Waals surface area contributed by atoms with Crippen molar-refractivity contribution in [2.45, 2.75) is 39.0 Å². The highest BCUT2D eigenvalue weighted by Gasteiger charge is 2.18. The van der Waals surface area contributed by atoms with Gasteiger partial charge in [0.05, 0.1) is 12.8 Å². The van der Waals surface area contributed by atoms with Crippen LogP contribution in [0.15, 0.2) is 41.3 Å². The molecule has 0 radical (unpaired) electrons. The van der Waals surface area contributed by atoms with E-state index in [1.807, 2.05) is 0 Å². The standard InChI is InChI=1S/C20H23FN2O4/c21-17-7-3-2-6-15(17)14-27-19-11-23(16(13-24)10-18(19)25)12-20(26)22-8-4-1-5-9-22/h2-3,6-7,10-11,24H,1,4-5,8-9,12-14H2. The number of benzene rings is 1. The number of aliphatic hydroxyl groups excluding tert-OH is 1. The van der Waals surface area contributed by atoms with Crippen molar-refractivity contribution >= 4 is 5.91 Å². The summed E-state index contributed by atoms with van der Waals surface area (Å²) in [6.07, 6.45) is 4.51. The lowest BCUT2D eigenvalue weighted by Gasteiger charge is -2.27. The molecule has 0 spiro atoms. The molecule has 2 heterocycles. The van der Waals surface area contributed by atoms with Gasteiger partial charge in [-0.15, -0.1) is 0 Å². The van der Waals surface area contributed by atoms with Crippen LogP contribution in [-0.4, -0.2) is 33.6 Å². The zero-order chi connectivity index (χ0) is 19.2. The third kappa shape index (κ3) is 4.74. The summed E-state index contributed by atoms with van der Waals surface area (Å²) < 4.78 is 20.7. The van der Waals surface area contributed by atoms with Crippen LogP contribution in [0.4, 0.5) is 4.39 Å². The van der Waals surface area contributed by atoms with E-state index in [1.165, 1.54) is 22.9 Å². The van der Waals surface area contributed by atoms with E-state index in [-0.39, 0.29) is 31.4 Å². The van der Waals surface area contributed by atoms with Crippen molar-refractivity contribution in [3.05, 3.63) is 63.8 Å². The minimum absolute atomic E-state index is 0.0156. The maximum atomic E-state index is 13.7. The number of likely N-dealkylation sites (tertiary alicyclic amines) is 1. The van der Waals surface area contributed by atoms with Crippen LogP contribution < -0.4 is 10.2 Å². The van der Waals surface area contributed by atoms with Gasteiger partial charge in [-0.1, -0.05) is 18.2 Å². The number of aliphatic hydroxyl groups is 1. The Labute approximate surface area is 156 Å². The van der Waals surface area contributed by atoms with Gasteiger partial charge in [-0.2, -0.15) is 0 Å². The second-order valence-corrected chi connectivity index (χ2v) is 6.60. The van der Waals surface area contributed by atoms with Gasteiger partial charge >= 0.3 is 0 Å². The summed E-state index contributed by atoms with van der Waals surface area (Å²) in [6.45, 7) is 1.01. The Balaban J connectivity index is 1.77. The Morgan fingerprint density at radius 3 is 2.63 bits per heavy atom. The molecule has 1 fully saturated rings. The van der Waals surface area contributed by atoms with Gasteiger partial charge in [-0.3, -0.25) is 9.59 Å². The average Bonchev–Trinajstić information content (AvgIpc) is 2.69. The predicted octanol–water partition coefficient (Wildman–Crippen LogP) is 2.07. The minimum Gasteiger partial charge on any atom is -0.483 e. The monoisotopic (exact) mass is 374 g/mol. The number of aromatic nitrogens is 1. The molecule has 0 atom stereocenters. The molecule has 7 heteroatoms. The van der Waals surface area contributed by atoms with Crippen LogP contribution in [0.1, 0.15) is 30.5 Å². The van der Waals surface area contributed by atoms with Crippen molar-refractivity contribution in [1.82, 2.24) is 9.47 Å². The number of piperidine rings is 1. The smallest absolute Gasteiger partial charge is 0.242 e. The van der Waals surface area contributed by atoms with Crippen molar-refractivity contribution in [2.24, 2.45) is 0 Å². The number of carbonyl (C=O) groups is 1. The molecule has 27 heavy (non-hydrogen) atoms. The van der Waals surface area contributed by atoms with Crippen molar-refractivity contribution in [3.63, 3.8) is 0 Å². The first kappa shape index (κ1) is 19.1. The molecule has 3 rings (SSSR count).